The molecule has 0 bridgehead atoms. The summed E-state index contributed by atoms with van der Waals surface area (Å²) in [6.45, 7) is 7.44. The van der Waals surface area contributed by atoms with Crippen LogP contribution in [0.2, 0.25) is 0 Å². The van der Waals surface area contributed by atoms with Gasteiger partial charge in [-0.25, -0.2) is 0 Å². The second-order valence-electron chi connectivity index (χ2n) is 4.39. The Morgan fingerprint density at radius 3 is 2.50 bits per heavy atom. The molecule has 0 spiro atoms. The second-order valence-corrected chi connectivity index (χ2v) is 4.39. The summed E-state index contributed by atoms with van der Waals surface area (Å²) in [5.41, 5.74) is 0. The van der Waals surface area contributed by atoms with Crippen molar-refractivity contribution in [3.05, 3.63) is 0 Å². The molecule has 1 heterocycles. The normalized spacial score (nSPS) is 12.0. The number of aromatic nitrogens is 3. The van der Waals surface area contributed by atoms with Crippen molar-refractivity contribution >= 4 is 11.9 Å². The monoisotopic (exact) mass is 283 g/mol. The fraction of sp³-hybridized carbons (Fsp3) is 0.769. The van der Waals surface area contributed by atoms with E-state index in [0.29, 0.717) is 30.9 Å². The molecule has 1 aromatic rings. The summed E-state index contributed by atoms with van der Waals surface area (Å²) in [7, 11) is 0. The van der Waals surface area contributed by atoms with Gasteiger partial charge in [0.25, 0.3) is 0 Å². The molecule has 20 heavy (non-hydrogen) atoms. The fourth-order valence-electron chi connectivity index (χ4n) is 1.65. The maximum atomic E-state index is 9.03. The van der Waals surface area contributed by atoms with Crippen molar-refractivity contribution in [1.82, 2.24) is 15.0 Å². The van der Waals surface area contributed by atoms with Gasteiger partial charge in [0.15, 0.2) is 0 Å². The predicted molar refractivity (Wildman–Crippen MR) is 79.2 cm³/mol. The number of nitrogens with zero attached hydrogens (tertiary/aromatic N) is 3. The van der Waals surface area contributed by atoms with Crippen molar-refractivity contribution in [2.24, 2.45) is 0 Å². The molecule has 1 unspecified atom stereocenters. The van der Waals surface area contributed by atoms with Gasteiger partial charge in [-0.2, -0.15) is 15.0 Å². The minimum atomic E-state index is 0.135. The Morgan fingerprint density at radius 2 is 1.90 bits per heavy atom. The number of ether oxygens (including phenoxy) is 1. The van der Waals surface area contributed by atoms with E-state index in [1.165, 1.54) is 0 Å². The predicted octanol–water partition coefficient (Wildman–Crippen LogP) is 1.67. The van der Waals surface area contributed by atoms with E-state index in [4.69, 9.17) is 9.84 Å². The van der Waals surface area contributed by atoms with E-state index >= 15 is 0 Å². The Labute approximate surface area is 120 Å². The van der Waals surface area contributed by atoms with Crippen LogP contribution in [-0.4, -0.2) is 45.9 Å². The van der Waals surface area contributed by atoms with Crippen LogP contribution in [0.1, 0.15) is 40.0 Å². The lowest BCUT2D eigenvalue weighted by Crippen LogP contribution is -2.22. The third kappa shape index (κ3) is 5.56. The van der Waals surface area contributed by atoms with Crippen LogP contribution in [0.4, 0.5) is 11.9 Å². The Hall–Kier alpha value is -1.63. The molecule has 0 aliphatic rings. The first kappa shape index (κ1) is 16.4. The summed E-state index contributed by atoms with van der Waals surface area (Å²) in [6.07, 6.45) is 2.53. The number of rotatable bonds is 10. The van der Waals surface area contributed by atoms with E-state index < -0.39 is 0 Å². The Kier molecular flexibility index (Phi) is 7.64. The summed E-state index contributed by atoms with van der Waals surface area (Å²) >= 11 is 0. The number of aliphatic hydroxyl groups is 1. The van der Waals surface area contributed by atoms with Crippen LogP contribution >= 0.6 is 0 Å². The fourth-order valence-corrected chi connectivity index (χ4v) is 1.65. The molecule has 0 saturated heterocycles. The van der Waals surface area contributed by atoms with E-state index in [-0.39, 0.29) is 12.6 Å². The van der Waals surface area contributed by atoms with Crippen molar-refractivity contribution < 1.29 is 9.84 Å². The van der Waals surface area contributed by atoms with E-state index in [9.17, 15) is 0 Å². The first-order valence-electron chi connectivity index (χ1n) is 7.23. The van der Waals surface area contributed by atoms with E-state index in [0.717, 1.165) is 19.4 Å². The lowest BCUT2D eigenvalue weighted by atomic mass is 10.2. The molecule has 0 aromatic carbocycles. The van der Waals surface area contributed by atoms with Crippen LogP contribution in [0, 0.1) is 0 Å². The number of anilines is 2. The Balaban J connectivity index is 2.83. The summed E-state index contributed by atoms with van der Waals surface area (Å²) in [4.78, 5) is 12.7. The number of aliphatic hydroxyl groups excluding tert-OH is 1. The topological polar surface area (TPSA) is 92.2 Å². The van der Waals surface area contributed by atoms with Crippen LogP contribution in [0.5, 0.6) is 6.01 Å². The third-order valence-electron chi connectivity index (χ3n) is 2.73. The maximum absolute atomic E-state index is 9.03. The zero-order chi connectivity index (χ0) is 14.8. The summed E-state index contributed by atoms with van der Waals surface area (Å²) < 4.78 is 5.35. The van der Waals surface area contributed by atoms with Gasteiger partial charge >= 0.3 is 6.01 Å². The highest BCUT2D eigenvalue weighted by atomic mass is 16.5. The SMILES string of the molecule is CCCNc1nc(NC(CC)CCO)nc(OCC)n1. The molecule has 3 N–H and O–H groups in total. The molecule has 0 fully saturated rings. The average Bonchev–Trinajstić information content (AvgIpc) is 2.45. The van der Waals surface area contributed by atoms with Gasteiger partial charge in [0.2, 0.25) is 11.9 Å². The van der Waals surface area contributed by atoms with Gasteiger partial charge in [-0.1, -0.05) is 13.8 Å². The van der Waals surface area contributed by atoms with Crippen molar-refractivity contribution in [1.29, 1.82) is 0 Å². The molecule has 0 amide bonds. The summed E-state index contributed by atoms with van der Waals surface area (Å²) in [5.74, 6) is 0.981. The molecule has 114 valence electrons. The van der Waals surface area contributed by atoms with Crippen LogP contribution in [0.25, 0.3) is 0 Å². The second kappa shape index (κ2) is 9.30. The first-order chi connectivity index (χ1) is 9.73. The molecule has 7 nitrogen and oxygen atoms in total. The van der Waals surface area contributed by atoms with Crippen LogP contribution in [0.3, 0.4) is 0 Å². The molecular weight excluding hydrogens is 258 g/mol. The molecule has 1 rings (SSSR count). The van der Waals surface area contributed by atoms with Crippen LogP contribution < -0.4 is 15.4 Å². The largest absolute Gasteiger partial charge is 0.464 e. The third-order valence-corrected chi connectivity index (χ3v) is 2.73. The molecular formula is C13H25N5O2. The van der Waals surface area contributed by atoms with Crippen molar-refractivity contribution in [2.45, 2.75) is 46.1 Å². The van der Waals surface area contributed by atoms with Gasteiger partial charge < -0.3 is 20.5 Å². The highest BCUT2D eigenvalue weighted by Crippen LogP contribution is 2.13. The van der Waals surface area contributed by atoms with Crippen molar-refractivity contribution in [2.75, 3.05) is 30.4 Å². The Morgan fingerprint density at radius 1 is 1.15 bits per heavy atom. The summed E-state index contributed by atoms with van der Waals surface area (Å²) in [6, 6.07) is 0.443. The van der Waals surface area contributed by atoms with Gasteiger partial charge in [0, 0.05) is 19.2 Å². The molecule has 1 atom stereocenters. The van der Waals surface area contributed by atoms with Gasteiger partial charge in [-0.05, 0) is 26.2 Å². The Bertz CT molecular complexity index is 389. The zero-order valence-corrected chi connectivity index (χ0v) is 12.5. The number of hydrogen-bond donors (Lipinski definition) is 3. The smallest absolute Gasteiger partial charge is 0.323 e. The van der Waals surface area contributed by atoms with Gasteiger partial charge in [0.05, 0.1) is 6.61 Å². The van der Waals surface area contributed by atoms with Gasteiger partial charge in [-0.15, -0.1) is 0 Å². The van der Waals surface area contributed by atoms with Gasteiger partial charge in [0.1, 0.15) is 0 Å². The number of hydrogen-bond acceptors (Lipinski definition) is 7. The van der Waals surface area contributed by atoms with E-state index in [1.54, 1.807) is 0 Å². The zero-order valence-electron chi connectivity index (χ0n) is 12.5. The summed E-state index contributed by atoms with van der Waals surface area (Å²) in [5, 5.41) is 15.4. The minimum Gasteiger partial charge on any atom is -0.464 e. The maximum Gasteiger partial charge on any atom is 0.323 e. The number of nitrogens with one attached hydrogen (secondary N) is 2. The van der Waals surface area contributed by atoms with Crippen LogP contribution in [-0.2, 0) is 0 Å². The molecule has 0 saturated carbocycles. The average molecular weight is 283 g/mol. The highest BCUT2D eigenvalue weighted by Gasteiger charge is 2.11. The minimum absolute atomic E-state index is 0.135. The van der Waals surface area contributed by atoms with E-state index in [1.807, 2.05) is 13.8 Å². The molecule has 7 heteroatoms. The lowest BCUT2D eigenvalue weighted by Gasteiger charge is -2.16. The van der Waals surface area contributed by atoms with Crippen LogP contribution in [0.15, 0.2) is 0 Å². The first-order valence-corrected chi connectivity index (χ1v) is 7.23. The van der Waals surface area contributed by atoms with Crippen molar-refractivity contribution in [3.63, 3.8) is 0 Å². The standard InChI is InChI=1S/C13H25N5O2/c1-4-8-14-11-16-12(15-10(5-2)7-9-19)18-13(17-11)20-6-3/h10,19H,4-9H2,1-3H3,(H2,14,15,16,17,18). The molecule has 0 radical (unpaired) electrons. The van der Waals surface area contributed by atoms with E-state index in [2.05, 4.69) is 32.5 Å². The quantitative estimate of drug-likeness (QED) is 0.601. The molecule has 0 aliphatic heterocycles. The lowest BCUT2D eigenvalue weighted by molar-refractivity contribution is 0.277. The molecule has 0 aliphatic carbocycles. The highest BCUT2D eigenvalue weighted by molar-refractivity contribution is 5.36. The van der Waals surface area contributed by atoms with Crippen molar-refractivity contribution in [3.8, 4) is 6.01 Å². The van der Waals surface area contributed by atoms with Gasteiger partial charge in [-0.3, -0.25) is 0 Å². The molecule has 1 aromatic heterocycles.